The molecule has 2 atom stereocenters. The Morgan fingerprint density at radius 2 is 1.45 bits per heavy atom. The fraction of sp³-hybridized carbons (Fsp3) is 0.304. The van der Waals surface area contributed by atoms with Gasteiger partial charge in [-0.15, -0.1) is 0 Å². The Morgan fingerprint density at radius 3 is 1.86 bits per heavy atom. The standard InChI is InChI=1S/C23H27O5P/c1-4-22(28-19(3)25)23(16-11-17-27-18(2)24)29(26,20-12-7-5-8-13-20)21-14-9-6-10-15-21/h5-16,22-23H,4,17H2,1-3H3/b16-11+/t22-,23-/m1/s1. The number of hydrogen-bond acceptors (Lipinski definition) is 5. The molecule has 0 saturated heterocycles. The van der Waals surface area contributed by atoms with Crippen LogP contribution < -0.4 is 10.6 Å². The van der Waals surface area contributed by atoms with E-state index in [0.717, 1.165) is 0 Å². The van der Waals surface area contributed by atoms with Crippen molar-refractivity contribution in [2.45, 2.75) is 39.0 Å². The summed E-state index contributed by atoms with van der Waals surface area (Å²) in [6.07, 6.45) is 3.32. The van der Waals surface area contributed by atoms with Crippen molar-refractivity contribution in [3.63, 3.8) is 0 Å². The Labute approximate surface area is 172 Å². The Balaban J connectivity index is 2.61. The van der Waals surface area contributed by atoms with E-state index in [9.17, 15) is 14.2 Å². The predicted octanol–water partition coefficient (Wildman–Crippen LogP) is 3.83. The van der Waals surface area contributed by atoms with Gasteiger partial charge in [0.2, 0.25) is 0 Å². The first-order valence-electron chi connectivity index (χ1n) is 9.57. The second-order valence-corrected chi connectivity index (χ2v) is 9.55. The van der Waals surface area contributed by atoms with E-state index in [1.54, 1.807) is 12.2 Å². The molecule has 5 nitrogen and oxygen atoms in total. The molecule has 0 aliphatic rings. The zero-order valence-electron chi connectivity index (χ0n) is 17.0. The van der Waals surface area contributed by atoms with Crippen LogP contribution in [0.5, 0.6) is 0 Å². The minimum absolute atomic E-state index is 0.0614. The molecule has 6 heteroatoms. The highest BCUT2D eigenvalue weighted by Crippen LogP contribution is 2.51. The van der Waals surface area contributed by atoms with Crippen LogP contribution in [0.25, 0.3) is 0 Å². The molecular weight excluding hydrogens is 387 g/mol. The molecule has 0 N–H and O–H groups in total. The van der Waals surface area contributed by atoms with E-state index < -0.39 is 30.8 Å². The SMILES string of the molecule is CC[C@@H](OC(C)=O)[C@@H](/C=C/COC(C)=O)P(=O)(c1ccccc1)c1ccccc1. The van der Waals surface area contributed by atoms with Crippen molar-refractivity contribution in [3.8, 4) is 0 Å². The lowest BCUT2D eigenvalue weighted by Gasteiger charge is -2.32. The van der Waals surface area contributed by atoms with E-state index in [4.69, 9.17) is 9.47 Å². The molecule has 0 saturated carbocycles. The number of ether oxygens (including phenoxy) is 2. The summed E-state index contributed by atoms with van der Waals surface area (Å²) in [7, 11) is -3.23. The van der Waals surface area contributed by atoms with E-state index >= 15 is 0 Å². The number of esters is 2. The van der Waals surface area contributed by atoms with Gasteiger partial charge in [-0.2, -0.15) is 0 Å². The summed E-state index contributed by atoms with van der Waals surface area (Å²) >= 11 is 0. The Hall–Kier alpha value is -2.65. The topological polar surface area (TPSA) is 69.7 Å². The summed E-state index contributed by atoms with van der Waals surface area (Å²) in [6, 6.07) is 18.5. The third-order valence-corrected chi connectivity index (χ3v) is 7.99. The highest BCUT2D eigenvalue weighted by Gasteiger charge is 2.40. The molecule has 0 radical (unpaired) electrons. The molecule has 2 rings (SSSR count). The summed E-state index contributed by atoms with van der Waals surface area (Å²) in [6.45, 7) is 4.63. The van der Waals surface area contributed by atoms with Crippen LogP contribution in [0.2, 0.25) is 0 Å². The van der Waals surface area contributed by atoms with Crippen LogP contribution in [-0.2, 0) is 23.6 Å². The smallest absolute Gasteiger partial charge is 0.302 e. The Kier molecular flexibility index (Phi) is 8.41. The van der Waals surface area contributed by atoms with Gasteiger partial charge in [-0.3, -0.25) is 9.59 Å². The van der Waals surface area contributed by atoms with Crippen molar-refractivity contribution in [2.24, 2.45) is 0 Å². The Bertz CT molecular complexity index is 833. The monoisotopic (exact) mass is 414 g/mol. The van der Waals surface area contributed by atoms with Crippen LogP contribution >= 0.6 is 7.14 Å². The zero-order valence-corrected chi connectivity index (χ0v) is 17.9. The van der Waals surface area contributed by atoms with Gasteiger partial charge in [-0.05, 0) is 6.42 Å². The van der Waals surface area contributed by atoms with Crippen LogP contribution in [0.4, 0.5) is 0 Å². The van der Waals surface area contributed by atoms with E-state index in [1.165, 1.54) is 13.8 Å². The third kappa shape index (κ3) is 5.91. The molecule has 0 aromatic heterocycles. The third-order valence-electron chi connectivity index (χ3n) is 4.52. The first-order chi connectivity index (χ1) is 13.9. The lowest BCUT2D eigenvalue weighted by molar-refractivity contribution is -0.146. The number of carbonyl (C=O) groups excluding carboxylic acids is 2. The molecule has 0 aliphatic heterocycles. The lowest BCUT2D eigenvalue weighted by Crippen LogP contribution is -2.36. The fourth-order valence-corrected chi connectivity index (χ4v) is 6.56. The van der Waals surface area contributed by atoms with Gasteiger partial charge in [-0.25, -0.2) is 0 Å². The summed E-state index contributed by atoms with van der Waals surface area (Å²) < 4.78 is 25.2. The van der Waals surface area contributed by atoms with Gasteiger partial charge in [0.05, 0.1) is 5.66 Å². The predicted molar refractivity (Wildman–Crippen MR) is 115 cm³/mol. The molecule has 0 bridgehead atoms. The van der Waals surface area contributed by atoms with Crippen molar-refractivity contribution in [1.82, 2.24) is 0 Å². The summed E-state index contributed by atoms with van der Waals surface area (Å²) in [5, 5.41) is 1.36. The molecule has 2 aromatic rings. The average Bonchev–Trinajstić information content (AvgIpc) is 2.73. The van der Waals surface area contributed by atoms with Crippen molar-refractivity contribution in [3.05, 3.63) is 72.8 Å². The van der Waals surface area contributed by atoms with Crippen LogP contribution in [0.15, 0.2) is 72.8 Å². The van der Waals surface area contributed by atoms with Gasteiger partial charge in [0.25, 0.3) is 0 Å². The Morgan fingerprint density at radius 1 is 0.931 bits per heavy atom. The largest absolute Gasteiger partial charge is 0.462 e. The van der Waals surface area contributed by atoms with E-state index in [2.05, 4.69) is 0 Å². The maximum Gasteiger partial charge on any atom is 0.302 e. The molecule has 0 aliphatic carbocycles. The molecule has 0 fully saturated rings. The first-order valence-corrected chi connectivity index (χ1v) is 11.3. The molecular formula is C23H27O5P. The normalized spacial score (nSPS) is 13.6. The fourth-order valence-electron chi connectivity index (χ4n) is 3.24. The highest BCUT2D eigenvalue weighted by atomic mass is 31.2. The maximum atomic E-state index is 14.7. The molecule has 154 valence electrons. The van der Waals surface area contributed by atoms with Crippen LogP contribution in [-0.4, -0.2) is 30.3 Å². The quantitative estimate of drug-likeness (QED) is 0.354. The van der Waals surface area contributed by atoms with Gasteiger partial charge in [0.1, 0.15) is 12.7 Å². The molecule has 0 amide bonds. The van der Waals surface area contributed by atoms with Crippen molar-refractivity contribution in [1.29, 1.82) is 0 Å². The molecule has 29 heavy (non-hydrogen) atoms. The minimum Gasteiger partial charge on any atom is -0.462 e. The van der Waals surface area contributed by atoms with Crippen molar-refractivity contribution >= 4 is 29.7 Å². The minimum atomic E-state index is -3.23. The number of rotatable bonds is 9. The molecule has 0 unspecified atom stereocenters. The van der Waals surface area contributed by atoms with Crippen LogP contribution in [0.1, 0.15) is 27.2 Å². The van der Waals surface area contributed by atoms with Gasteiger partial charge in [0, 0.05) is 24.5 Å². The summed E-state index contributed by atoms with van der Waals surface area (Å²) in [5.74, 6) is -0.824. The summed E-state index contributed by atoms with van der Waals surface area (Å²) in [4.78, 5) is 22.8. The van der Waals surface area contributed by atoms with E-state index in [0.29, 0.717) is 17.0 Å². The molecule has 0 heterocycles. The second-order valence-electron chi connectivity index (χ2n) is 6.61. The average molecular weight is 414 g/mol. The molecule has 2 aromatic carbocycles. The number of hydrogen-bond donors (Lipinski definition) is 0. The first kappa shape index (κ1) is 22.6. The number of benzene rings is 2. The maximum absolute atomic E-state index is 14.7. The summed E-state index contributed by atoms with van der Waals surface area (Å²) in [5.41, 5.74) is -0.600. The van der Waals surface area contributed by atoms with Gasteiger partial charge in [-0.1, -0.05) is 79.7 Å². The second kappa shape index (κ2) is 10.8. The molecule has 0 spiro atoms. The van der Waals surface area contributed by atoms with Gasteiger partial charge < -0.3 is 14.0 Å². The lowest BCUT2D eigenvalue weighted by atomic mass is 10.2. The highest BCUT2D eigenvalue weighted by molar-refractivity contribution is 7.79. The van der Waals surface area contributed by atoms with Crippen LogP contribution in [0.3, 0.4) is 0 Å². The van der Waals surface area contributed by atoms with Crippen molar-refractivity contribution < 1.29 is 23.6 Å². The van der Waals surface area contributed by atoms with E-state index in [-0.39, 0.29) is 6.61 Å². The van der Waals surface area contributed by atoms with Gasteiger partial charge in [0.15, 0.2) is 7.14 Å². The van der Waals surface area contributed by atoms with Crippen LogP contribution in [0, 0.1) is 0 Å². The zero-order chi connectivity index (χ0) is 21.3. The van der Waals surface area contributed by atoms with Gasteiger partial charge >= 0.3 is 11.9 Å². The van der Waals surface area contributed by atoms with Crippen molar-refractivity contribution in [2.75, 3.05) is 6.61 Å². The van der Waals surface area contributed by atoms with E-state index in [1.807, 2.05) is 67.6 Å². The number of carbonyl (C=O) groups is 2.